The summed E-state index contributed by atoms with van der Waals surface area (Å²) in [6, 6.07) is 16.0. The minimum absolute atomic E-state index is 0.784. The van der Waals surface area contributed by atoms with Crippen LogP contribution in [-0.2, 0) is 0 Å². The lowest BCUT2D eigenvalue weighted by atomic mass is 10.1. The Hall–Kier alpha value is -2.84. The van der Waals surface area contributed by atoms with Crippen LogP contribution < -0.4 is 9.47 Å². The molecule has 0 N–H and O–H groups in total. The summed E-state index contributed by atoms with van der Waals surface area (Å²) in [6.07, 6.45) is 24.0. The second kappa shape index (κ2) is 24.0. The molecule has 0 saturated heterocycles. The molecule has 218 valence electrons. The lowest BCUT2D eigenvalue weighted by molar-refractivity contribution is 0.304. The van der Waals surface area contributed by atoms with Crippen molar-refractivity contribution in [2.24, 2.45) is 0 Å². The summed E-state index contributed by atoms with van der Waals surface area (Å²) in [5.74, 6) is 14.0. The topological polar surface area (TPSA) is 18.5 Å². The Labute approximate surface area is 246 Å². The maximum absolute atomic E-state index is 5.91. The number of unbranched alkanes of at least 4 members (excludes halogenated alkanes) is 16. The molecule has 0 aliphatic heterocycles. The third-order valence-corrected chi connectivity index (χ3v) is 7.22. The zero-order valence-electron chi connectivity index (χ0n) is 25.6. The Kier molecular flexibility index (Phi) is 20.0. The van der Waals surface area contributed by atoms with Gasteiger partial charge in [-0.2, -0.15) is 0 Å². The van der Waals surface area contributed by atoms with Crippen LogP contribution >= 0.6 is 0 Å². The molecule has 0 unspecified atom stereocenters. The standard InChI is InChI=1S/C38H54O2/c1-3-5-7-9-11-12-13-14-15-16-18-22-34-40-38-31-27-36(28-32-38)24-20-19-23-35-25-29-37(30-26-35)39-33-21-17-10-8-6-4-2/h25-32H,3-18,21-22,33-34H2,1-2H3. The normalized spacial score (nSPS) is 10.3. The molecule has 0 bridgehead atoms. The van der Waals surface area contributed by atoms with Gasteiger partial charge in [0.15, 0.2) is 0 Å². The second-order valence-corrected chi connectivity index (χ2v) is 10.9. The highest BCUT2D eigenvalue weighted by Crippen LogP contribution is 2.15. The smallest absolute Gasteiger partial charge is 0.119 e. The van der Waals surface area contributed by atoms with Gasteiger partial charge in [-0.05, 0) is 73.2 Å². The van der Waals surface area contributed by atoms with E-state index >= 15 is 0 Å². The summed E-state index contributed by atoms with van der Waals surface area (Å²) in [6.45, 7) is 6.10. The number of hydrogen-bond donors (Lipinski definition) is 0. The first-order valence-electron chi connectivity index (χ1n) is 16.3. The van der Waals surface area contributed by atoms with Crippen molar-refractivity contribution in [2.45, 2.75) is 129 Å². The van der Waals surface area contributed by atoms with Gasteiger partial charge in [0.2, 0.25) is 0 Å². The maximum Gasteiger partial charge on any atom is 0.119 e. The summed E-state index contributed by atoms with van der Waals surface area (Å²) < 4.78 is 11.8. The first-order chi connectivity index (χ1) is 19.8. The summed E-state index contributed by atoms with van der Waals surface area (Å²) >= 11 is 0. The molecule has 2 aromatic rings. The van der Waals surface area contributed by atoms with Crippen LogP contribution in [0.5, 0.6) is 11.5 Å². The Bertz CT molecular complexity index is 982. The van der Waals surface area contributed by atoms with E-state index in [2.05, 4.69) is 37.5 Å². The lowest BCUT2D eigenvalue weighted by Gasteiger charge is -2.06. The molecule has 2 heteroatoms. The Morgan fingerprint density at radius 1 is 0.400 bits per heavy atom. The lowest BCUT2D eigenvalue weighted by Crippen LogP contribution is -1.97. The minimum Gasteiger partial charge on any atom is -0.494 e. The molecule has 2 nitrogen and oxygen atoms in total. The predicted octanol–water partition coefficient (Wildman–Crippen LogP) is 10.9. The van der Waals surface area contributed by atoms with E-state index in [1.54, 1.807) is 0 Å². The van der Waals surface area contributed by atoms with Crippen molar-refractivity contribution in [3.05, 3.63) is 59.7 Å². The summed E-state index contributed by atoms with van der Waals surface area (Å²) in [7, 11) is 0. The van der Waals surface area contributed by atoms with E-state index in [1.807, 2.05) is 48.5 Å². The average Bonchev–Trinajstić information content (AvgIpc) is 2.98. The van der Waals surface area contributed by atoms with E-state index in [0.717, 1.165) is 48.7 Å². The monoisotopic (exact) mass is 542 g/mol. The molecular weight excluding hydrogens is 488 g/mol. The van der Waals surface area contributed by atoms with Gasteiger partial charge in [-0.25, -0.2) is 0 Å². The first kappa shape index (κ1) is 33.4. The highest BCUT2D eigenvalue weighted by molar-refractivity contribution is 5.46. The Morgan fingerprint density at radius 2 is 0.700 bits per heavy atom. The average molecular weight is 543 g/mol. The van der Waals surface area contributed by atoms with E-state index in [-0.39, 0.29) is 0 Å². The molecule has 0 atom stereocenters. The zero-order valence-corrected chi connectivity index (χ0v) is 25.6. The fraction of sp³-hybridized carbons (Fsp3) is 0.579. The van der Waals surface area contributed by atoms with Crippen LogP contribution in [0.4, 0.5) is 0 Å². The van der Waals surface area contributed by atoms with E-state index in [0.29, 0.717) is 0 Å². The molecule has 0 amide bonds. The van der Waals surface area contributed by atoms with E-state index in [1.165, 1.54) is 103 Å². The minimum atomic E-state index is 0.784. The highest BCUT2D eigenvalue weighted by atomic mass is 16.5. The zero-order chi connectivity index (χ0) is 28.4. The van der Waals surface area contributed by atoms with Gasteiger partial charge < -0.3 is 9.47 Å². The van der Waals surface area contributed by atoms with Gasteiger partial charge in [-0.3, -0.25) is 0 Å². The van der Waals surface area contributed by atoms with Crippen molar-refractivity contribution < 1.29 is 9.47 Å². The van der Waals surface area contributed by atoms with Crippen molar-refractivity contribution in [3.8, 4) is 35.2 Å². The van der Waals surface area contributed by atoms with Crippen LogP contribution in [0.15, 0.2) is 48.5 Å². The van der Waals surface area contributed by atoms with Gasteiger partial charge in [0.25, 0.3) is 0 Å². The number of hydrogen-bond acceptors (Lipinski definition) is 2. The molecule has 2 rings (SSSR count). The van der Waals surface area contributed by atoms with Crippen molar-refractivity contribution in [3.63, 3.8) is 0 Å². The van der Waals surface area contributed by atoms with Gasteiger partial charge in [-0.1, -0.05) is 128 Å². The van der Waals surface area contributed by atoms with E-state index in [9.17, 15) is 0 Å². The van der Waals surface area contributed by atoms with Crippen molar-refractivity contribution >= 4 is 0 Å². The quantitative estimate of drug-likeness (QED) is 0.109. The van der Waals surface area contributed by atoms with E-state index < -0.39 is 0 Å². The van der Waals surface area contributed by atoms with Crippen LogP contribution in [0.1, 0.15) is 141 Å². The largest absolute Gasteiger partial charge is 0.494 e. The van der Waals surface area contributed by atoms with Gasteiger partial charge in [0.1, 0.15) is 11.5 Å². The summed E-state index contributed by atoms with van der Waals surface area (Å²) in [5.41, 5.74) is 1.90. The van der Waals surface area contributed by atoms with Gasteiger partial charge in [0, 0.05) is 11.1 Å². The first-order valence-corrected chi connectivity index (χ1v) is 16.3. The van der Waals surface area contributed by atoms with Crippen molar-refractivity contribution in [2.75, 3.05) is 13.2 Å². The number of rotatable bonds is 22. The molecular formula is C38H54O2. The number of benzene rings is 2. The Morgan fingerprint density at radius 3 is 1.02 bits per heavy atom. The summed E-state index contributed by atoms with van der Waals surface area (Å²) in [5, 5.41) is 0. The molecule has 0 aliphatic rings. The molecule has 0 spiro atoms. The maximum atomic E-state index is 5.91. The van der Waals surface area contributed by atoms with Crippen molar-refractivity contribution in [1.29, 1.82) is 0 Å². The van der Waals surface area contributed by atoms with E-state index in [4.69, 9.17) is 9.47 Å². The fourth-order valence-electron chi connectivity index (χ4n) is 4.68. The van der Waals surface area contributed by atoms with Crippen molar-refractivity contribution in [1.82, 2.24) is 0 Å². The van der Waals surface area contributed by atoms with Gasteiger partial charge >= 0.3 is 0 Å². The van der Waals surface area contributed by atoms with Crippen LogP contribution in [0.2, 0.25) is 0 Å². The van der Waals surface area contributed by atoms with Gasteiger partial charge in [-0.15, -0.1) is 0 Å². The summed E-state index contributed by atoms with van der Waals surface area (Å²) in [4.78, 5) is 0. The molecule has 0 aromatic heterocycles. The molecule has 0 aliphatic carbocycles. The molecule has 2 aromatic carbocycles. The van der Waals surface area contributed by atoms with Crippen LogP contribution in [0.25, 0.3) is 0 Å². The molecule has 0 saturated carbocycles. The molecule has 0 heterocycles. The van der Waals surface area contributed by atoms with Crippen LogP contribution in [0.3, 0.4) is 0 Å². The SMILES string of the molecule is CCCCCCCCCCCCCCOc1ccc(C#CC#Cc2ccc(OCCCCCCCC)cc2)cc1. The fourth-order valence-corrected chi connectivity index (χ4v) is 4.68. The predicted molar refractivity (Wildman–Crippen MR) is 172 cm³/mol. The molecule has 0 radical (unpaired) electrons. The third-order valence-electron chi connectivity index (χ3n) is 7.22. The second-order valence-electron chi connectivity index (χ2n) is 10.9. The number of ether oxygens (including phenoxy) is 2. The van der Waals surface area contributed by atoms with Crippen LogP contribution in [-0.4, -0.2) is 13.2 Å². The Balaban J connectivity index is 1.53. The highest BCUT2D eigenvalue weighted by Gasteiger charge is 1.97. The third kappa shape index (κ3) is 17.7. The van der Waals surface area contributed by atoms with Gasteiger partial charge in [0.05, 0.1) is 13.2 Å². The van der Waals surface area contributed by atoms with Crippen LogP contribution in [0, 0.1) is 23.7 Å². The molecule has 0 fully saturated rings. The molecule has 40 heavy (non-hydrogen) atoms.